The van der Waals surface area contributed by atoms with E-state index in [9.17, 15) is 9.59 Å². The lowest BCUT2D eigenvalue weighted by Crippen LogP contribution is -2.51. The highest BCUT2D eigenvalue weighted by Crippen LogP contribution is 2.21. The van der Waals surface area contributed by atoms with Crippen LogP contribution in [-0.2, 0) is 0 Å². The van der Waals surface area contributed by atoms with Crippen molar-refractivity contribution in [2.75, 3.05) is 18.4 Å². The zero-order valence-corrected chi connectivity index (χ0v) is 17.5. The van der Waals surface area contributed by atoms with E-state index in [0.717, 1.165) is 41.4 Å². The molecule has 0 aromatic heterocycles. The topological polar surface area (TPSA) is 73.5 Å². The van der Waals surface area contributed by atoms with Gasteiger partial charge in [0.05, 0.1) is 0 Å². The van der Waals surface area contributed by atoms with Crippen molar-refractivity contribution >= 4 is 33.7 Å². The highest BCUT2D eigenvalue weighted by atomic mass is 79.9. The van der Waals surface area contributed by atoms with Gasteiger partial charge in [-0.05, 0) is 56.4 Å². The molecule has 1 saturated carbocycles. The van der Waals surface area contributed by atoms with Crippen LogP contribution in [0.5, 0.6) is 0 Å². The van der Waals surface area contributed by atoms with Gasteiger partial charge in [0.15, 0.2) is 0 Å². The van der Waals surface area contributed by atoms with Crippen LogP contribution >= 0.6 is 15.9 Å². The molecule has 7 heteroatoms. The summed E-state index contributed by atoms with van der Waals surface area (Å²) < 4.78 is 0.997. The van der Waals surface area contributed by atoms with Gasteiger partial charge in [-0.3, -0.25) is 0 Å². The molecule has 2 fully saturated rings. The summed E-state index contributed by atoms with van der Waals surface area (Å²) in [5.74, 6) is 0. The number of nitrogens with zero attached hydrogens (tertiary/aromatic N) is 1. The van der Waals surface area contributed by atoms with E-state index >= 15 is 0 Å². The molecule has 0 atom stereocenters. The van der Waals surface area contributed by atoms with Crippen molar-refractivity contribution in [2.24, 2.45) is 0 Å². The number of carbonyl (C=O) groups is 2. The second-order valence-corrected chi connectivity index (χ2v) is 8.52. The average molecular weight is 437 g/mol. The fourth-order valence-electron chi connectivity index (χ4n) is 3.85. The summed E-state index contributed by atoms with van der Waals surface area (Å²) >= 11 is 3.43. The van der Waals surface area contributed by atoms with Crippen LogP contribution in [0.4, 0.5) is 15.3 Å². The number of benzene rings is 1. The fourth-order valence-corrected chi connectivity index (χ4v) is 4.32. The van der Waals surface area contributed by atoms with E-state index in [1.807, 2.05) is 30.0 Å². The van der Waals surface area contributed by atoms with Gasteiger partial charge < -0.3 is 20.9 Å². The van der Waals surface area contributed by atoms with Gasteiger partial charge in [-0.15, -0.1) is 0 Å². The van der Waals surface area contributed by atoms with Gasteiger partial charge in [0.25, 0.3) is 0 Å². The van der Waals surface area contributed by atoms with Gasteiger partial charge in [0.2, 0.25) is 0 Å². The van der Waals surface area contributed by atoms with E-state index in [4.69, 9.17) is 0 Å². The second kappa shape index (κ2) is 9.44. The molecule has 1 aromatic rings. The Bertz CT molecular complexity index is 668. The Labute approximate surface area is 169 Å². The lowest BCUT2D eigenvalue weighted by atomic mass is 9.96. The first kappa shape index (κ1) is 20.0. The van der Waals surface area contributed by atoms with Crippen LogP contribution in [-0.4, -0.2) is 42.1 Å². The fraction of sp³-hybridized carbons (Fsp3) is 0.600. The number of aryl methyl sites for hydroxylation is 1. The van der Waals surface area contributed by atoms with Crippen molar-refractivity contribution in [2.45, 2.75) is 64.0 Å². The SMILES string of the molecule is Cc1cc(Br)ccc1NC(=O)N1CCC(NC(=O)NC2CCCCC2)CC1. The number of likely N-dealkylation sites (tertiary alicyclic amines) is 1. The average Bonchev–Trinajstić information content (AvgIpc) is 2.65. The van der Waals surface area contributed by atoms with Gasteiger partial charge in [-0.2, -0.15) is 0 Å². The number of urea groups is 2. The number of amides is 4. The molecule has 148 valence electrons. The summed E-state index contributed by atoms with van der Waals surface area (Å²) in [5, 5.41) is 9.16. The number of hydrogen-bond acceptors (Lipinski definition) is 2. The van der Waals surface area contributed by atoms with Crippen LogP contribution in [0.15, 0.2) is 22.7 Å². The van der Waals surface area contributed by atoms with E-state index in [0.29, 0.717) is 19.1 Å². The monoisotopic (exact) mass is 436 g/mol. The lowest BCUT2D eigenvalue weighted by molar-refractivity contribution is 0.186. The largest absolute Gasteiger partial charge is 0.335 e. The van der Waals surface area contributed by atoms with Gasteiger partial charge in [-0.1, -0.05) is 35.2 Å². The molecule has 1 aliphatic heterocycles. The van der Waals surface area contributed by atoms with Gasteiger partial charge in [-0.25, -0.2) is 9.59 Å². The van der Waals surface area contributed by atoms with Crippen molar-refractivity contribution in [3.8, 4) is 0 Å². The third kappa shape index (κ3) is 5.86. The van der Waals surface area contributed by atoms with E-state index in [1.54, 1.807) is 0 Å². The smallest absolute Gasteiger partial charge is 0.321 e. The molecule has 2 aliphatic rings. The zero-order chi connectivity index (χ0) is 19.2. The van der Waals surface area contributed by atoms with Gasteiger partial charge in [0.1, 0.15) is 0 Å². The summed E-state index contributed by atoms with van der Waals surface area (Å²) in [5.41, 5.74) is 1.85. The molecular formula is C20H29BrN4O2. The van der Waals surface area contributed by atoms with E-state index in [2.05, 4.69) is 31.9 Å². The Balaban J connectivity index is 1.41. The zero-order valence-electron chi connectivity index (χ0n) is 15.9. The number of piperidine rings is 1. The minimum atomic E-state index is -0.0782. The summed E-state index contributed by atoms with van der Waals surface area (Å²) in [6.07, 6.45) is 7.42. The van der Waals surface area contributed by atoms with E-state index in [-0.39, 0.29) is 18.1 Å². The lowest BCUT2D eigenvalue weighted by Gasteiger charge is -2.33. The minimum absolute atomic E-state index is 0.0599. The molecular weight excluding hydrogens is 408 g/mol. The van der Waals surface area contributed by atoms with E-state index in [1.165, 1.54) is 19.3 Å². The van der Waals surface area contributed by atoms with Crippen LogP contribution in [0, 0.1) is 6.92 Å². The van der Waals surface area contributed by atoms with Crippen molar-refractivity contribution in [3.05, 3.63) is 28.2 Å². The summed E-state index contributed by atoms with van der Waals surface area (Å²) in [6.45, 7) is 3.27. The van der Waals surface area contributed by atoms with Crippen LogP contribution < -0.4 is 16.0 Å². The highest BCUT2D eigenvalue weighted by Gasteiger charge is 2.25. The van der Waals surface area contributed by atoms with Crippen molar-refractivity contribution in [1.82, 2.24) is 15.5 Å². The predicted molar refractivity (Wildman–Crippen MR) is 111 cm³/mol. The number of rotatable bonds is 3. The van der Waals surface area contributed by atoms with Gasteiger partial charge in [0, 0.05) is 35.3 Å². The molecule has 1 saturated heterocycles. The quantitative estimate of drug-likeness (QED) is 0.657. The molecule has 6 nitrogen and oxygen atoms in total. The second-order valence-electron chi connectivity index (χ2n) is 7.60. The van der Waals surface area contributed by atoms with Crippen LogP contribution in [0.3, 0.4) is 0 Å². The Kier molecular flexibility index (Phi) is 6.99. The molecule has 3 rings (SSSR count). The molecule has 3 N–H and O–H groups in total. The normalized spacial score (nSPS) is 18.8. The number of nitrogens with one attached hydrogen (secondary N) is 3. The Morgan fingerprint density at radius 1 is 1.00 bits per heavy atom. The van der Waals surface area contributed by atoms with Crippen LogP contribution in [0.25, 0.3) is 0 Å². The molecule has 27 heavy (non-hydrogen) atoms. The molecule has 0 radical (unpaired) electrons. The standard InChI is InChI=1S/C20H29BrN4O2/c1-14-13-15(21)7-8-18(14)24-20(27)25-11-9-17(10-12-25)23-19(26)22-16-5-3-2-4-6-16/h7-8,13,16-17H,2-6,9-12H2,1H3,(H,24,27)(H2,22,23,26). The van der Waals surface area contributed by atoms with Crippen molar-refractivity contribution < 1.29 is 9.59 Å². The number of carbonyl (C=O) groups excluding carboxylic acids is 2. The number of hydrogen-bond donors (Lipinski definition) is 3. The molecule has 0 spiro atoms. The van der Waals surface area contributed by atoms with E-state index < -0.39 is 0 Å². The van der Waals surface area contributed by atoms with Crippen LogP contribution in [0.2, 0.25) is 0 Å². The Hall–Kier alpha value is -1.76. The maximum atomic E-state index is 12.5. The highest BCUT2D eigenvalue weighted by molar-refractivity contribution is 9.10. The predicted octanol–water partition coefficient (Wildman–Crippen LogP) is 4.39. The molecule has 1 aromatic carbocycles. The molecule has 1 heterocycles. The van der Waals surface area contributed by atoms with Crippen molar-refractivity contribution in [1.29, 1.82) is 0 Å². The minimum Gasteiger partial charge on any atom is -0.335 e. The molecule has 4 amide bonds. The third-order valence-electron chi connectivity index (χ3n) is 5.49. The first-order chi connectivity index (χ1) is 13.0. The van der Waals surface area contributed by atoms with Gasteiger partial charge >= 0.3 is 12.1 Å². The number of anilines is 1. The number of halogens is 1. The summed E-state index contributed by atoms with van der Waals surface area (Å²) in [6, 6.07) is 6.12. The summed E-state index contributed by atoms with van der Waals surface area (Å²) in [7, 11) is 0. The molecule has 0 bridgehead atoms. The van der Waals surface area contributed by atoms with Crippen LogP contribution in [0.1, 0.15) is 50.5 Å². The molecule has 1 aliphatic carbocycles. The summed E-state index contributed by atoms with van der Waals surface area (Å²) in [4.78, 5) is 26.5. The molecule has 0 unspecified atom stereocenters. The Morgan fingerprint density at radius 2 is 1.63 bits per heavy atom. The first-order valence-corrected chi connectivity index (χ1v) is 10.7. The third-order valence-corrected chi connectivity index (χ3v) is 5.98. The maximum Gasteiger partial charge on any atom is 0.321 e. The van der Waals surface area contributed by atoms with Crippen molar-refractivity contribution in [3.63, 3.8) is 0 Å². The first-order valence-electron chi connectivity index (χ1n) is 9.90. The Morgan fingerprint density at radius 3 is 2.26 bits per heavy atom. The maximum absolute atomic E-state index is 12.5.